The third-order valence-corrected chi connectivity index (χ3v) is 5.32. The van der Waals surface area contributed by atoms with Crippen LogP contribution in [-0.2, 0) is 0 Å². The van der Waals surface area contributed by atoms with E-state index >= 15 is 0 Å². The lowest BCUT2D eigenvalue weighted by Crippen LogP contribution is -2.10. The molecular formula is C22H16ClN5O. The number of hydrogen-bond donors (Lipinski definition) is 2. The van der Waals surface area contributed by atoms with E-state index in [2.05, 4.69) is 11.1 Å². The number of nitrogen functional groups attached to an aromatic ring is 1. The SMILES string of the molecule is Cc1cc2c(cc1C#N)c(-c1cncc(N)c1Cl)cn2-c1ccc(C(N)=O)cc1. The monoisotopic (exact) mass is 401 g/mol. The van der Waals surface area contributed by atoms with Crippen molar-refractivity contribution in [1.82, 2.24) is 9.55 Å². The molecule has 4 N–H and O–H groups in total. The van der Waals surface area contributed by atoms with Crippen molar-refractivity contribution in [2.24, 2.45) is 5.73 Å². The molecule has 1 amide bonds. The summed E-state index contributed by atoms with van der Waals surface area (Å²) in [5, 5.41) is 10.7. The van der Waals surface area contributed by atoms with Gasteiger partial charge < -0.3 is 16.0 Å². The Morgan fingerprint density at radius 3 is 2.55 bits per heavy atom. The van der Waals surface area contributed by atoms with Gasteiger partial charge in [0.15, 0.2) is 0 Å². The standard InChI is InChI=1S/C22H16ClN5O/c1-12-6-20-16(7-14(12)8-24)18(17-9-27-10-19(25)21(17)23)11-28(20)15-4-2-13(3-5-15)22(26)29/h2-7,9-11H,25H2,1H3,(H2,26,29). The fraction of sp³-hybridized carbons (Fsp3) is 0.0455. The van der Waals surface area contributed by atoms with Gasteiger partial charge in [0.1, 0.15) is 0 Å². The highest BCUT2D eigenvalue weighted by Gasteiger charge is 2.17. The fourth-order valence-corrected chi connectivity index (χ4v) is 3.56. The molecule has 29 heavy (non-hydrogen) atoms. The molecule has 0 saturated carbocycles. The van der Waals surface area contributed by atoms with Crippen LogP contribution < -0.4 is 11.5 Å². The van der Waals surface area contributed by atoms with E-state index in [1.54, 1.807) is 18.3 Å². The van der Waals surface area contributed by atoms with E-state index in [0.717, 1.165) is 27.7 Å². The van der Waals surface area contributed by atoms with E-state index in [1.807, 2.05) is 42.0 Å². The number of benzene rings is 2. The lowest BCUT2D eigenvalue weighted by atomic mass is 10.0. The summed E-state index contributed by atoms with van der Waals surface area (Å²) in [4.78, 5) is 15.6. The normalized spacial score (nSPS) is 10.8. The number of nitriles is 1. The zero-order valence-electron chi connectivity index (χ0n) is 15.5. The number of nitrogens with zero attached hydrogens (tertiary/aromatic N) is 3. The van der Waals surface area contributed by atoms with Crippen LogP contribution >= 0.6 is 11.6 Å². The minimum atomic E-state index is -0.485. The Morgan fingerprint density at radius 1 is 1.17 bits per heavy atom. The molecule has 0 atom stereocenters. The summed E-state index contributed by atoms with van der Waals surface area (Å²) in [5.41, 5.74) is 16.7. The van der Waals surface area contributed by atoms with Gasteiger partial charge in [-0.25, -0.2) is 0 Å². The number of aryl methyl sites for hydroxylation is 1. The predicted octanol–water partition coefficient (Wildman–Crippen LogP) is 4.21. The third-order valence-electron chi connectivity index (χ3n) is 4.90. The van der Waals surface area contributed by atoms with E-state index < -0.39 is 5.91 Å². The van der Waals surface area contributed by atoms with Crippen LogP contribution in [-0.4, -0.2) is 15.5 Å². The number of amides is 1. The lowest BCUT2D eigenvalue weighted by Gasteiger charge is -2.07. The van der Waals surface area contributed by atoms with Crippen molar-refractivity contribution < 1.29 is 4.79 Å². The smallest absolute Gasteiger partial charge is 0.248 e. The summed E-state index contributed by atoms with van der Waals surface area (Å²) < 4.78 is 1.98. The van der Waals surface area contributed by atoms with Gasteiger partial charge in [0.05, 0.1) is 34.1 Å². The number of carbonyl (C=O) groups is 1. The molecule has 0 aliphatic carbocycles. The molecule has 4 rings (SSSR count). The van der Waals surface area contributed by atoms with E-state index in [1.165, 1.54) is 6.20 Å². The minimum absolute atomic E-state index is 0.378. The van der Waals surface area contributed by atoms with E-state index in [4.69, 9.17) is 23.1 Å². The molecule has 2 aromatic carbocycles. The molecule has 0 saturated heterocycles. The van der Waals surface area contributed by atoms with Gasteiger partial charge in [0.25, 0.3) is 0 Å². The van der Waals surface area contributed by atoms with Crippen LogP contribution in [0, 0.1) is 18.3 Å². The molecule has 0 aliphatic heterocycles. The first-order valence-corrected chi connectivity index (χ1v) is 9.14. The second kappa shape index (κ2) is 6.97. The summed E-state index contributed by atoms with van der Waals surface area (Å²) in [6, 6.07) is 13.0. The Morgan fingerprint density at radius 2 is 1.90 bits per heavy atom. The second-order valence-electron chi connectivity index (χ2n) is 6.71. The number of anilines is 1. The predicted molar refractivity (Wildman–Crippen MR) is 114 cm³/mol. The average Bonchev–Trinajstić information content (AvgIpc) is 3.07. The second-order valence-corrected chi connectivity index (χ2v) is 7.09. The van der Waals surface area contributed by atoms with E-state index in [0.29, 0.717) is 27.4 Å². The Hall–Kier alpha value is -3.82. The van der Waals surface area contributed by atoms with Gasteiger partial charge in [0.2, 0.25) is 5.91 Å². The topological polar surface area (TPSA) is 111 Å². The molecule has 0 radical (unpaired) electrons. The maximum absolute atomic E-state index is 11.4. The molecule has 7 heteroatoms. The molecule has 2 aromatic heterocycles. The summed E-state index contributed by atoms with van der Waals surface area (Å²) in [6.45, 7) is 1.89. The number of nitrogens with two attached hydrogens (primary N) is 2. The summed E-state index contributed by atoms with van der Waals surface area (Å²) in [6.07, 6.45) is 5.07. The summed E-state index contributed by atoms with van der Waals surface area (Å²) in [7, 11) is 0. The Kier molecular flexibility index (Phi) is 4.45. The van der Waals surface area contributed by atoms with Crippen molar-refractivity contribution in [3.63, 3.8) is 0 Å². The van der Waals surface area contributed by atoms with Crippen LogP contribution in [0.4, 0.5) is 5.69 Å². The summed E-state index contributed by atoms with van der Waals surface area (Å²) >= 11 is 6.45. The number of aromatic nitrogens is 2. The van der Waals surface area contributed by atoms with Gasteiger partial charge in [-0.15, -0.1) is 0 Å². The highest BCUT2D eigenvalue weighted by Crippen LogP contribution is 2.38. The number of rotatable bonds is 3. The largest absolute Gasteiger partial charge is 0.396 e. The zero-order valence-corrected chi connectivity index (χ0v) is 16.2. The van der Waals surface area contributed by atoms with Crippen LogP contribution in [0.1, 0.15) is 21.5 Å². The van der Waals surface area contributed by atoms with Crippen molar-refractivity contribution in [2.45, 2.75) is 6.92 Å². The van der Waals surface area contributed by atoms with Gasteiger partial charge in [-0.05, 0) is 48.9 Å². The first kappa shape index (κ1) is 18.5. The number of fused-ring (bicyclic) bond motifs is 1. The fourth-order valence-electron chi connectivity index (χ4n) is 3.36. The zero-order chi connectivity index (χ0) is 20.7. The van der Waals surface area contributed by atoms with Gasteiger partial charge in [-0.2, -0.15) is 5.26 Å². The van der Waals surface area contributed by atoms with Crippen molar-refractivity contribution in [2.75, 3.05) is 5.73 Å². The van der Waals surface area contributed by atoms with Crippen LogP contribution in [0.5, 0.6) is 0 Å². The maximum Gasteiger partial charge on any atom is 0.248 e. The highest BCUT2D eigenvalue weighted by atomic mass is 35.5. The van der Waals surface area contributed by atoms with Crippen LogP contribution in [0.3, 0.4) is 0 Å². The van der Waals surface area contributed by atoms with Crippen LogP contribution in [0.2, 0.25) is 5.02 Å². The number of carbonyl (C=O) groups excluding carboxylic acids is 1. The molecule has 0 unspecified atom stereocenters. The first-order chi connectivity index (χ1) is 13.9. The number of hydrogen-bond acceptors (Lipinski definition) is 4. The molecule has 0 aliphatic rings. The Bertz CT molecular complexity index is 1320. The minimum Gasteiger partial charge on any atom is -0.396 e. The van der Waals surface area contributed by atoms with Gasteiger partial charge in [-0.3, -0.25) is 9.78 Å². The summed E-state index contributed by atoms with van der Waals surface area (Å²) in [5.74, 6) is -0.485. The van der Waals surface area contributed by atoms with Gasteiger partial charge in [0, 0.05) is 40.2 Å². The molecule has 142 valence electrons. The van der Waals surface area contributed by atoms with Crippen molar-refractivity contribution in [3.8, 4) is 22.9 Å². The highest BCUT2D eigenvalue weighted by molar-refractivity contribution is 6.36. The Labute approximate surface area is 171 Å². The average molecular weight is 402 g/mol. The van der Waals surface area contributed by atoms with Gasteiger partial charge >= 0.3 is 0 Å². The molecular weight excluding hydrogens is 386 g/mol. The molecule has 6 nitrogen and oxygen atoms in total. The van der Waals surface area contributed by atoms with Crippen LogP contribution in [0.25, 0.3) is 27.7 Å². The molecule has 0 fully saturated rings. The molecule has 2 heterocycles. The molecule has 0 bridgehead atoms. The molecule has 0 spiro atoms. The van der Waals surface area contributed by atoms with Crippen molar-refractivity contribution in [1.29, 1.82) is 5.26 Å². The van der Waals surface area contributed by atoms with E-state index in [9.17, 15) is 10.1 Å². The first-order valence-electron chi connectivity index (χ1n) is 8.76. The van der Waals surface area contributed by atoms with Crippen LogP contribution in [0.15, 0.2) is 55.0 Å². The number of primary amides is 1. The quantitative estimate of drug-likeness (QED) is 0.535. The molecule has 4 aromatic rings. The van der Waals surface area contributed by atoms with Crippen molar-refractivity contribution in [3.05, 3.63) is 76.7 Å². The third kappa shape index (κ3) is 3.08. The number of halogens is 1. The Balaban J connectivity index is 2.03. The van der Waals surface area contributed by atoms with E-state index in [-0.39, 0.29) is 0 Å². The lowest BCUT2D eigenvalue weighted by molar-refractivity contribution is 0.100. The van der Waals surface area contributed by atoms with Gasteiger partial charge in [-0.1, -0.05) is 11.6 Å². The number of pyridine rings is 1. The van der Waals surface area contributed by atoms with Crippen molar-refractivity contribution >= 4 is 34.1 Å². The maximum atomic E-state index is 11.4.